The third-order valence-corrected chi connectivity index (χ3v) is 8.13. The zero-order valence-corrected chi connectivity index (χ0v) is 18.9. The van der Waals surface area contributed by atoms with Gasteiger partial charge in [0.2, 0.25) is 0 Å². The summed E-state index contributed by atoms with van der Waals surface area (Å²) in [6.45, 7) is 6.58. The third-order valence-electron chi connectivity index (χ3n) is 8.13. The maximum Gasteiger partial charge on any atom is 0.313 e. The Morgan fingerprint density at radius 2 is 2.10 bits per heavy atom. The van der Waals surface area contributed by atoms with Crippen molar-refractivity contribution in [2.24, 2.45) is 11.8 Å². The highest BCUT2D eigenvalue weighted by Crippen LogP contribution is 2.63. The molecule has 2 saturated carbocycles. The van der Waals surface area contributed by atoms with E-state index in [0.29, 0.717) is 43.1 Å². The molecule has 4 atom stereocenters. The number of likely N-dealkylation sites (N-methyl/N-ethyl adjacent to an activating group) is 1. The van der Waals surface area contributed by atoms with Crippen molar-refractivity contribution in [3.05, 3.63) is 23.3 Å². The van der Waals surface area contributed by atoms with E-state index in [1.807, 2.05) is 13.0 Å². The number of hydrogen-bond acceptors (Lipinski definition) is 6. The molecule has 1 aliphatic heterocycles. The molecule has 4 aliphatic rings. The molecule has 0 amide bonds. The van der Waals surface area contributed by atoms with Crippen LogP contribution in [0.4, 0.5) is 0 Å². The normalized spacial score (nSPS) is 33.5. The molecule has 1 heterocycles. The van der Waals surface area contributed by atoms with Gasteiger partial charge in [0.05, 0.1) is 16.9 Å². The molecule has 0 unspecified atom stereocenters. The van der Waals surface area contributed by atoms with E-state index in [4.69, 9.17) is 9.47 Å². The molecule has 1 aromatic carbocycles. The van der Waals surface area contributed by atoms with Crippen molar-refractivity contribution in [3.63, 3.8) is 0 Å². The zero-order chi connectivity index (χ0) is 22.1. The van der Waals surface area contributed by atoms with Crippen molar-refractivity contribution in [1.29, 1.82) is 0 Å². The molecular formula is C25H33NO5. The molecule has 168 valence electrons. The van der Waals surface area contributed by atoms with Crippen LogP contribution >= 0.6 is 0 Å². The first-order chi connectivity index (χ1) is 14.7. The van der Waals surface area contributed by atoms with E-state index in [2.05, 4.69) is 11.9 Å². The fourth-order valence-corrected chi connectivity index (χ4v) is 6.35. The van der Waals surface area contributed by atoms with Gasteiger partial charge in [-0.2, -0.15) is 0 Å². The molecule has 6 nitrogen and oxygen atoms in total. The number of carbonyl (C=O) groups excluding carboxylic acids is 2. The van der Waals surface area contributed by atoms with Gasteiger partial charge in [0.25, 0.3) is 0 Å². The lowest BCUT2D eigenvalue weighted by atomic mass is 9.50. The van der Waals surface area contributed by atoms with Crippen LogP contribution in [0.2, 0.25) is 0 Å². The smallest absolute Gasteiger partial charge is 0.313 e. The van der Waals surface area contributed by atoms with E-state index < -0.39 is 17.1 Å². The van der Waals surface area contributed by atoms with Gasteiger partial charge >= 0.3 is 5.97 Å². The lowest BCUT2D eigenvalue weighted by molar-refractivity contribution is -0.169. The van der Waals surface area contributed by atoms with Crippen LogP contribution in [-0.4, -0.2) is 53.1 Å². The number of nitrogens with zero attached hydrogens (tertiary/aromatic N) is 1. The van der Waals surface area contributed by atoms with Crippen LogP contribution in [-0.2, 0) is 21.4 Å². The SMILES string of the molecule is CC[C@]12c3c4ccc(OC(=O)C(C)C)c3O[C@H]1C(=O)CC[C@@]2(O)[C@H](N(C)CC1CC1)C4. The molecule has 6 heteroatoms. The molecule has 5 rings (SSSR count). The van der Waals surface area contributed by atoms with Crippen molar-refractivity contribution in [2.75, 3.05) is 13.6 Å². The first kappa shape index (κ1) is 21.0. The van der Waals surface area contributed by atoms with Crippen LogP contribution in [0.5, 0.6) is 11.5 Å². The summed E-state index contributed by atoms with van der Waals surface area (Å²) in [5, 5.41) is 12.4. The number of rotatable bonds is 6. The van der Waals surface area contributed by atoms with Gasteiger partial charge in [-0.15, -0.1) is 0 Å². The van der Waals surface area contributed by atoms with Gasteiger partial charge in [-0.1, -0.05) is 26.8 Å². The molecule has 2 fully saturated rings. The minimum Gasteiger partial charge on any atom is -0.477 e. The summed E-state index contributed by atoms with van der Waals surface area (Å²) in [6.07, 6.45) is 3.81. The fourth-order valence-electron chi connectivity index (χ4n) is 6.35. The number of Topliss-reactive ketones (excluding diaryl/α,β-unsaturated/α-hetero) is 1. The van der Waals surface area contributed by atoms with E-state index in [-0.39, 0.29) is 23.7 Å². The fraction of sp³-hybridized carbons (Fsp3) is 0.680. The molecule has 31 heavy (non-hydrogen) atoms. The van der Waals surface area contributed by atoms with E-state index in [9.17, 15) is 14.7 Å². The molecule has 1 aromatic rings. The second-order valence-electron chi connectivity index (χ2n) is 10.3. The predicted octanol–water partition coefficient (Wildman–Crippen LogP) is 3.02. The molecule has 0 radical (unpaired) electrons. The Morgan fingerprint density at radius 1 is 1.35 bits per heavy atom. The Kier molecular flexibility index (Phi) is 4.76. The van der Waals surface area contributed by atoms with Crippen molar-refractivity contribution >= 4 is 11.8 Å². The molecule has 1 N–H and O–H groups in total. The van der Waals surface area contributed by atoms with Gasteiger partial charge in [-0.25, -0.2) is 0 Å². The third kappa shape index (κ3) is 2.83. The summed E-state index contributed by atoms with van der Waals surface area (Å²) < 4.78 is 12.0. The lowest BCUT2D eigenvalue weighted by Crippen LogP contribution is -2.72. The average Bonchev–Trinajstić information content (AvgIpc) is 3.46. The van der Waals surface area contributed by atoms with Gasteiger partial charge in [-0.3, -0.25) is 14.5 Å². The van der Waals surface area contributed by atoms with Gasteiger partial charge in [0.1, 0.15) is 0 Å². The Hall–Kier alpha value is -1.92. The standard InChI is InChI=1S/C25H33NO5/c1-5-24-20-16-8-9-18(30-23(28)14(2)3)21(20)31-22(24)17(27)10-11-25(24,29)19(12-16)26(4)13-15-6-7-15/h8-9,14-15,19,22,29H,5-7,10-13H2,1-4H3/t19-,22+,24+,25-/m1/s1. The van der Waals surface area contributed by atoms with E-state index in [1.54, 1.807) is 19.9 Å². The van der Waals surface area contributed by atoms with Crippen LogP contribution in [0.25, 0.3) is 0 Å². The summed E-state index contributed by atoms with van der Waals surface area (Å²) >= 11 is 0. The maximum atomic E-state index is 13.1. The predicted molar refractivity (Wildman–Crippen MR) is 115 cm³/mol. The number of esters is 1. The molecule has 0 bridgehead atoms. The van der Waals surface area contributed by atoms with Crippen molar-refractivity contribution in [1.82, 2.24) is 4.90 Å². The number of hydrogen-bond donors (Lipinski definition) is 1. The van der Waals surface area contributed by atoms with Crippen LogP contribution in [0, 0.1) is 11.8 Å². The van der Waals surface area contributed by atoms with Crippen molar-refractivity contribution in [3.8, 4) is 11.5 Å². The number of benzene rings is 1. The second kappa shape index (κ2) is 7.04. The number of aliphatic hydroxyl groups is 1. The van der Waals surface area contributed by atoms with Crippen molar-refractivity contribution in [2.45, 2.75) is 82.5 Å². The quantitative estimate of drug-likeness (QED) is 0.556. The minimum absolute atomic E-state index is 0.0281. The minimum atomic E-state index is -1.07. The van der Waals surface area contributed by atoms with Crippen LogP contribution in [0.3, 0.4) is 0 Å². The van der Waals surface area contributed by atoms with Crippen LogP contribution in [0.15, 0.2) is 12.1 Å². The summed E-state index contributed by atoms with van der Waals surface area (Å²) in [4.78, 5) is 27.7. The molecule has 0 spiro atoms. The maximum absolute atomic E-state index is 13.1. The van der Waals surface area contributed by atoms with Gasteiger partial charge in [-0.05, 0) is 56.7 Å². The van der Waals surface area contributed by atoms with E-state index in [1.165, 1.54) is 12.8 Å². The highest BCUT2D eigenvalue weighted by molar-refractivity contribution is 5.90. The molecular weight excluding hydrogens is 394 g/mol. The first-order valence-electron chi connectivity index (χ1n) is 11.7. The number of carbonyl (C=O) groups is 2. The molecule has 0 saturated heterocycles. The Morgan fingerprint density at radius 3 is 2.74 bits per heavy atom. The van der Waals surface area contributed by atoms with Gasteiger partial charge in [0.15, 0.2) is 23.4 Å². The van der Waals surface area contributed by atoms with E-state index >= 15 is 0 Å². The topological polar surface area (TPSA) is 76.1 Å². The Labute approximate surface area is 183 Å². The summed E-state index contributed by atoms with van der Waals surface area (Å²) in [6, 6.07) is 3.72. The second-order valence-corrected chi connectivity index (χ2v) is 10.3. The van der Waals surface area contributed by atoms with Crippen molar-refractivity contribution < 1.29 is 24.2 Å². The number of ketones is 1. The highest BCUT2D eigenvalue weighted by atomic mass is 16.6. The van der Waals surface area contributed by atoms with Gasteiger partial charge < -0.3 is 14.6 Å². The number of ether oxygens (including phenoxy) is 2. The van der Waals surface area contributed by atoms with Crippen LogP contribution in [0.1, 0.15) is 64.0 Å². The monoisotopic (exact) mass is 427 g/mol. The summed E-state index contributed by atoms with van der Waals surface area (Å²) in [7, 11) is 2.11. The molecule has 3 aliphatic carbocycles. The summed E-state index contributed by atoms with van der Waals surface area (Å²) in [5.74, 6) is 0.975. The average molecular weight is 428 g/mol. The van der Waals surface area contributed by atoms with E-state index in [0.717, 1.165) is 17.7 Å². The molecule has 0 aromatic heterocycles. The summed E-state index contributed by atoms with van der Waals surface area (Å²) in [5.41, 5.74) is 0.105. The first-order valence-corrected chi connectivity index (χ1v) is 11.7. The van der Waals surface area contributed by atoms with Crippen LogP contribution < -0.4 is 9.47 Å². The zero-order valence-electron chi connectivity index (χ0n) is 18.9. The Balaban J connectivity index is 1.66. The Bertz CT molecular complexity index is 938. The largest absolute Gasteiger partial charge is 0.477 e. The lowest BCUT2D eigenvalue weighted by Gasteiger charge is -2.58. The van der Waals surface area contributed by atoms with Gasteiger partial charge in [0, 0.05) is 24.6 Å². The highest BCUT2D eigenvalue weighted by Gasteiger charge is 2.70.